The molecule has 0 aliphatic rings. The molecule has 2 unspecified atom stereocenters. The van der Waals surface area contributed by atoms with Crippen LogP contribution in [0.5, 0.6) is 0 Å². The number of nitrogens with zero attached hydrogens (tertiary/aromatic N) is 2. The fourth-order valence-corrected chi connectivity index (χ4v) is 7.24. The fraction of sp³-hybridized carbons (Fsp3) is 0.0968. The van der Waals surface area contributed by atoms with Gasteiger partial charge < -0.3 is 0 Å². The first-order valence-corrected chi connectivity index (χ1v) is 13.6. The van der Waals surface area contributed by atoms with E-state index in [2.05, 4.69) is 41.4 Å². The summed E-state index contributed by atoms with van der Waals surface area (Å²) in [4.78, 5) is 3.32. The minimum absolute atomic E-state index is 0.321. The summed E-state index contributed by atoms with van der Waals surface area (Å²) in [7, 11) is 0. The highest BCUT2D eigenvalue weighted by molar-refractivity contribution is 9.10. The predicted molar refractivity (Wildman–Crippen MR) is 150 cm³/mol. The summed E-state index contributed by atoms with van der Waals surface area (Å²) < 4.78 is 31.0. The SMILES string of the molecule is Fc1cccc(C(Br)C(c2ccccc2)(C(Br)c2cccc(F)c2)[n+]2ccc(-c3ccncc3)cc2)c1. The number of pyridine rings is 2. The van der Waals surface area contributed by atoms with E-state index >= 15 is 0 Å². The lowest BCUT2D eigenvalue weighted by Gasteiger charge is -2.38. The number of benzene rings is 3. The molecule has 0 amide bonds. The van der Waals surface area contributed by atoms with Crippen molar-refractivity contribution >= 4 is 31.9 Å². The first-order chi connectivity index (χ1) is 18.0. The normalized spacial score (nSPS) is 14.5. The number of rotatable bonds is 7. The van der Waals surface area contributed by atoms with Crippen molar-refractivity contribution in [1.29, 1.82) is 0 Å². The van der Waals surface area contributed by atoms with Gasteiger partial charge in [-0.25, -0.2) is 8.78 Å². The van der Waals surface area contributed by atoms with Crippen molar-refractivity contribution in [3.8, 4) is 11.1 Å². The summed E-state index contributed by atoms with van der Waals surface area (Å²) in [6.45, 7) is 0. The Balaban J connectivity index is 1.77. The van der Waals surface area contributed by atoms with E-state index in [1.54, 1.807) is 24.5 Å². The maximum absolute atomic E-state index is 14.4. The van der Waals surface area contributed by atoms with Gasteiger partial charge in [0.1, 0.15) is 21.3 Å². The fourth-order valence-electron chi connectivity index (χ4n) is 4.78. The number of halogens is 4. The molecule has 5 aromatic rings. The zero-order valence-corrected chi connectivity index (χ0v) is 22.9. The van der Waals surface area contributed by atoms with E-state index in [0.29, 0.717) is 0 Å². The monoisotopic (exact) mass is 619 g/mol. The van der Waals surface area contributed by atoms with Crippen LogP contribution in [0.15, 0.2) is 128 Å². The third kappa shape index (κ3) is 5.00. The van der Waals surface area contributed by atoms with E-state index in [4.69, 9.17) is 0 Å². The quantitative estimate of drug-likeness (QED) is 0.132. The largest absolute Gasteiger partial charge is 0.265 e. The van der Waals surface area contributed by atoms with Crippen molar-refractivity contribution in [3.63, 3.8) is 0 Å². The molecule has 0 aliphatic heterocycles. The van der Waals surface area contributed by atoms with E-state index < -0.39 is 15.2 Å². The Bertz CT molecular complexity index is 1430. The zero-order valence-electron chi connectivity index (χ0n) is 19.7. The molecule has 0 bridgehead atoms. The molecule has 3 aromatic carbocycles. The molecule has 2 heterocycles. The molecule has 37 heavy (non-hydrogen) atoms. The Labute approximate surface area is 231 Å². The molecular weight excluding hydrogens is 598 g/mol. The molecule has 0 spiro atoms. The summed E-state index contributed by atoms with van der Waals surface area (Å²) in [5.74, 6) is -0.641. The number of alkyl halides is 2. The van der Waals surface area contributed by atoms with Crippen LogP contribution in [0.25, 0.3) is 11.1 Å². The second kappa shape index (κ2) is 11.0. The van der Waals surface area contributed by atoms with Crippen molar-refractivity contribution in [2.45, 2.75) is 15.2 Å². The number of hydrogen-bond donors (Lipinski definition) is 0. The molecule has 2 aromatic heterocycles. The van der Waals surface area contributed by atoms with Crippen LogP contribution in [0.3, 0.4) is 0 Å². The van der Waals surface area contributed by atoms with Gasteiger partial charge >= 0.3 is 0 Å². The molecule has 6 heteroatoms. The Hall–Kier alpha value is -3.22. The van der Waals surface area contributed by atoms with Gasteiger partial charge in [0.15, 0.2) is 12.4 Å². The summed E-state index contributed by atoms with van der Waals surface area (Å²) >= 11 is 7.96. The smallest absolute Gasteiger partial charge is 0.225 e. The third-order valence-corrected chi connectivity index (χ3v) is 9.02. The van der Waals surface area contributed by atoms with Gasteiger partial charge in [-0.2, -0.15) is 4.57 Å². The molecule has 2 atom stereocenters. The number of aromatic nitrogens is 2. The average molecular weight is 621 g/mol. The summed E-state index contributed by atoms with van der Waals surface area (Å²) in [6.07, 6.45) is 7.57. The van der Waals surface area contributed by atoms with E-state index in [9.17, 15) is 8.78 Å². The molecule has 0 saturated heterocycles. The van der Waals surface area contributed by atoms with Crippen LogP contribution in [0.1, 0.15) is 26.3 Å². The van der Waals surface area contributed by atoms with Crippen molar-refractivity contribution in [3.05, 3.63) is 156 Å². The maximum atomic E-state index is 14.4. The van der Waals surface area contributed by atoms with Crippen molar-refractivity contribution in [2.75, 3.05) is 0 Å². The molecular formula is C31H23Br2F2N2+. The first kappa shape index (κ1) is 25.4. The summed E-state index contributed by atoms with van der Waals surface area (Å²) in [5.41, 5.74) is 3.71. The molecule has 0 saturated carbocycles. The van der Waals surface area contributed by atoms with Crippen molar-refractivity contribution in [1.82, 2.24) is 4.98 Å². The Kier molecular flexibility index (Phi) is 7.58. The minimum Gasteiger partial charge on any atom is -0.265 e. The number of hydrogen-bond acceptors (Lipinski definition) is 1. The van der Waals surface area contributed by atoms with E-state index in [1.807, 2.05) is 79.1 Å². The maximum Gasteiger partial charge on any atom is 0.225 e. The standard InChI is InChI=1S/C31H23Br2F2N2/c32-29(24-6-4-10-27(34)20-24)31(26-8-2-1-3-9-26,30(33)25-7-5-11-28(35)21-25)37-18-14-23(15-19-37)22-12-16-36-17-13-22/h1-21,29-30H/q+1. The summed E-state index contributed by atoms with van der Waals surface area (Å²) in [6, 6.07) is 31.2. The highest BCUT2D eigenvalue weighted by Crippen LogP contribution is 2.52. The zero-order chi connectivity index (χ0) is 25.8. The van der Waals surface area contributed by atoms with Gasteiger partial charge in [0, 0.05) is 30.1 Å². The predicted octanol–water partition coefficient (Wildman–Crippen LogP) is 8.33. The van der Waals surface area contributed by atoms with Gasteiger partial charge in [-0.05, 0) is 58.7 Å². The lowest BCUT2D eigenvalue weighted by Crippen LogP contribution is -2.61. The minimum atomic E-state index is -0.861. The van der Waals surface area contributed by atoms with Crippen LogP contribution >= 0.6 is 31.9 Å². The molecule has 0 aliphatic carbocycles. The molecule has 2 nitrogen and oxygen atoms in total. The Morgan fingerprint density at radius 1 is 0.622 bits per heavy atom. The second-order valence-electron chi connectivity index (χ2n) is 8.76. The van der Waals surface area contributed by atoms with Gasteiger partial charge in [0.25, 0.3) is 0 Å². The Morgan fingerprint density at radius 3 is 1.65 bits per heavy atom. The van der Waals surface area contributed by atoms with Gasteiger partial charge in [-0.15, -0.1) is 0 Å². The topological polar surface area (TPSA) is 16.8 Å². The van der Waals surface area contributed by atoms with Gasteiger partial charge in [-0.3, -0.25) is 4.98 Å². The summed E-state index contributed by atoms with van der Waals surface area (Å²) in [5, 5.41) is 0. The lowest BCUT2D eigenvalue weighted by atomic mass is 9.78. The van der Waals surface area contributed by atoms with Crippen LogP contribution in [0.2, 0.25) is 0 Å². The van der Waals surface area contributed by atoms with Crippen molar-refractivity contribution < 1.29 is 13.3 Å². The van der Waals surface area contributed by atoms with E-state index in [-0.39, 0.29) is 11.6 Å². The molecule has 184 valence electrons. The highest BCUT2D eigenvalue weighted by Gasteiger charge is 2.55. The lowest BCUT2D eigenvalue weighted by molar-refractivity contribution is -0.754. The second-order valence-corrected chi connectivity index (χ2v) is 10.6. The third-order valence-electron chi connectivity index (χ3n) is 6.56. The van der Waals surface area contributed by atoms with E-state index in [1.165, 1.54) is 24.3 Å². The first-order valence-electron chi connectivity index (χ1n) is 11.8. The molecule has 0 radical (unpaired) electrons. The van der Waals surface area contributed by atoms with Crippen LogP contribution in [-0.4, -0.2) is 4.98 Å². The van der Waals surface area contributed by atoms with Gasteiger partial charge in [-0.1, -0.05) is 86.5 Å². The molecule has 0 N–H and O–H groups in total. The van der Waals surface area contributed by atoms with Gasteiger partial charge in [0.05, 0.1) is 0 Å². The van der Waals surface area contributed by atoms with Crippen molar-refractivity contribution in [2.24, 2.45) is 0 Å². The van der Waals surface area contributed by atoms with Crippen LogP contribution in [-0.2, 0) is 5.54 Å². The van der Waals surface area contributed by atoms with Crippen LogP contribution < -0.4 is 4.57 Å². The highest BCUT2D eigenvalue weighted by atomic mass is 79.9. The molecule has 5 rings (SSSR count). The van der Waals surface area contributed by atoms with Gasteiger partial charge in [0.2, 0.25) is 5.54 Å². The molecule has 0 fully saturated rings. The average Bonchev–Trinajstić information content (AvgIpc) is 2.95. The van der Waals surface area contributed by atoms with Crippen LogP contribution in [0.4, 0.5) is 8.78 Å². The van der Waals surface area contributed by atoms with E-state index in [0.717, 1.165) is 27.8 Å². The van der Waals surface area contributed by atoms with Crippen LogP contribution in [0, 0.1) is 11.6 Å². The Morgan fingerprint density at radius 2 is 1.14 bits per heavy atom.